The van der Waals surface area contributed by atoms with Crippen LogP contribution in [0, 0.1) is 11.3 Å². The zero-order valence-electron chi connectivity index (χ0n) is 16.8. The number of amidine groups is 1. The Hall–Kier alpha value is -4.21. The normalized spacial score (nSPS) is 13.4. The summed E-state index contributed by atoms with van der Waals surface area (Å²) in [5.74, 6) is -0.661. The third-order valence-electron chi connectivity index (χ3n) is 4.85. The van der Waals surface area contributed by atoms with Gasteiger partial charge in [-0.2, -0.15) is 5.26 Å². The van der Waals surface area contributed by atoms with Crippen molar-refractivity contribution in [2.24, 2.45) is 4.99 Å². The number of aliphatic imine (C=N–C) groups is 1. The number of amides is 2. The summed E-state index contributed by atoms with van der Waals surface area (Å²) in [6, 6.07) is 25.0. The van der Waals surface area contributed by atoms with Crippen molar-refractivity contribution in [1.82, 2.24) is 10.6 Å². The van der Waals surface area contributed by atoms with Crippen molar-refractivity contribution in [2.45, 2.75) is 6.54 Å². The third-order valence-corrected chi connectivity index (χ3v) is 5.09. The first kappa shape index (κ1) is 21.0. The summed E-state index contributed by atoms with van der Waals surface area (Å²) in [6.45, 7) is 0.280. The van der Waals surface area contributed by atoms with Gasteiger partial charge in [-0.3, -0.25) is 9.59 Å². The average Bonchev–Trinajstić information content (AvgIpc) is 3.17. The second-order valence-corrected chi connectivity index (χ2v) is 7.41. The molecule has 2 N–H and O–H groups in total. The molecule has 0 atom stereocenters. The summed E-state index contributed by atoms with van der Waals surface area (Å²) in [7, 11) is 0. The number of carbonyl (C=O) groups is 2. The molecule has 32 heavy (non-hydrogen) atoms. The molecule has 0 aromatic heterocycles. The van der Waals surface area contributed by atoms with Gasteiger partial charge in [-0.15, -0.1) is 0 Å². The third kappa shape index (κ3) is 4.43. The molecule has 1 heterocycles. The molecule has 0 fully saturated rings. The number of fused-ring (bicyclic) bond motifs is 1. The number of nitrogens with zero attached hydrogens (tertiary/aromatic N) is 2. The topological polar surface area (TPSA) is 94.3 Å². The number of hydrogen-bond acceptors (Lipinski definition) is 4. The molecule has 3 aromatic rings. The van der Waals surface area contributed by atoms with E-state index in [4.69, 9.17) is 11.6 Å². The predicted octanol–water partition coefficient (Wildman–Crippen LogP) is 4.08. The molecule has 1 aliphatic heterocycles. The van der Waals surface area contributed by atoms with Crippen molar-refractivity contribution < 1.29 is 9.59 Å². The first-order valence-electron chi connectivity index (χ1n) is 9.78. The van der Waals surface area contributed by atoms with Gasteiger partial charge in [-0.1, -0.05) is 72.3 Å². The minimum Gasteiger partial charge on any atom is -0.347 e. The van der Waals surface area contributed by atoms with Crippen molar-refractivity contribution in [3.63, 3.8) is 0 Å². The van der Waals surface area contributed by atoms with E-state index in [-0.39, 0.29) is 23.7 Å². The van der Waals surface area contributed by atoms with Crippen LogP contribution >= 0.6 is 11.6 Å². The Bertz CT molecular complexity index is 1310. The Labute approximate surface area is 189 Å². The van der Waals surface area contributed by atoms with E-state index in [9.17, 15) is 14.9 Å². The van der Waals surface area contributed by atoms with E-state index in [1.165, 1.54) is 0 Å². The number of nitrogens with one attached hydrogen (secondary N) is 2. The number of hydrogen-bond donors (Lipinski definition) is 2. The monoisotopic (exact) mass is 440 g/mol. The predicted molar refractivity (Wildman–Crippen MR) is 123 cm³/mol. The molecule has 0 saturated carbocycles. The Morgan fingerprint density at radius 2 is 1.66 bits per heavy atom. The van der Waals surface area contributed by atoms with Crippen LogP contribution in [0.1, 0.15) is 27.0 Å². The molecule has 0 unspecified atom stereocenters. The average molecular weight is 441 g/mol. The van der Waals surface area contributed by atoms with Crippen LogP contribution in [0.4, 0.5) is 0 Å². The SMILES string of the molecule is N#C/C(C(=O)NCc1ccccc1)=C1/N=C(NC(=O)c2cccc(Cl)c2)c2ccccc21. The van der Waals surface area contributed by atoms with E-state index in [0.29, 0.717) is 21.7 Å². The van der Waals surface area contributed by atoms with Gasteiger partial charge in [-0.05, 0) is 23.8 Å². The lowest BCUT2D eigenvalue weighted by atomic mass is 10.0. The van der Waals surface area contributed by atoms with Crippen molar-refractivity contribution in [2.75, 3.05) is 0 Å². The zero-order valence-corrected chi connectivity index (χ0v) is 17.6. The van der Waals surface area contributed by atoms with Crippen LogP contribution in [0.15, 0.2) is 89.4 Å². The van der Waals surface area contributed by atoms with Crippen LogP contribution in [0.2, 0.25) is 5.02 Å². The van der Waals surface area contributed by atoms with Crippen molar-refractivity contribution in [3.8, 4) is 6.07 Å². The molecule has 4 rings (SSSR count). The number of rotatable bonds is 4. The van der Waals surface area contributed by atoms with Crippen molar-refractivity contribution >= 4 is 34.9 Å². The fraction of sp³-hybridized carbons (Fsp3) is 0.0400. The summed E-state index contributed by atoms with van der Waals surface area (Å²) in [5.41, 5.74) is 2.60. The number of benzene rings is 3. The maximum atomic E-state index is 12.8. The van der Waals surface area contributed by atoms with E-state index in [0.717, 1.165) is 5.56 Å². The Morgan fingerprint density at radius 3 is 2.38 bits per heavy atom. The Morgan fingerprint density at radius 1 is 0.938 bits per heavy atom. The molecule has 2 amide bonds. The van der Waals surface area contributed by atoms with E-state index >= 15 is 0 Å². The highest BCUT2D eigenvalue weighted by Gasteiger charge is 2.27. The van der Waals surface area contributed by atoms with Crippen LogP contribution < -0.4 is 10.6 Å². The highest BCUT2D eigenvalue weighted by molar-refractivity contribution is 6.31. The van der Waals surface area contributed by atoms with Gasteiger partial charge in [0, 0.05) is 28.3 Å². The largest absolute Gasteiger partial charge is 0.347 e. The first-order valence-corrected chi connectivity index (χ1v) is 10.2. The fourth-order valence-electron chi connectivity index (χ4n) is 3.30. The van der Waals surface area contributed by atoms with E-state index in [1.54, 1.807) is 48.5 Å². The number of carbonyl (C=O) groups excluding carboxylic acids is 2. The Kier molecular flexibility index (Phi) is 6.11. The van der Waals surface area contributed by atoms with Gasteiger partial charge in [0.05, 0.1) is 5.70 Å². The molecular weight excluding hydrogens is 424 g/mol. The highest BCUT2D eigenvalue weighted by Crippen LogP contribution is 2.30. The maximum Gasteiger partial charge on any atom is 0.264 e. The lowest BCUT2D eigenvalue weighted by Gasteiger charge is -2.06. The molecule has 0 bridgehead atoms. The van der Waals surface area contributed by atoms with Crippen LogP contribution in [-0.4, -0.2) is 17.6 Å². The van der Waals surface area contributed by atoms with Gasteiger partial charge in [-0.25, -0.2) is 4.99 Å². The smallest absolute Gasteiger partial charge is 0.264 e. The molecule has 156 valence electrons. The van der Waals surface area contributed by atoms with Crippen LogP contribution in [0.5, 0.6) is 0 Å². The second kappa shape index (κ2) is 9.29. The highest BCUT2D eigenvalue weighted by atomic mass is 35.5. The fourth-order valence-corrected chi connectivity index (χ4v) is 3.49. The molecule has 3 aromatic carbocycles. The molecule has 6 nitrogen and oxygen atoms in total. The van der Waals surface area contributed by atoms with Gasteiger partial charge < -0.3 is 10.6 Å². The Balaban J connectivity index is 1.64. The van der Waals surface area contributed by atoms with Crippen LogP contribution in [0.25, 0.3) is 5.70 Å². The van der Waals surface area contributed by atoms with E-state index in [2.05, 4.69) is 15.6 Å². The molecule has 0 radical (unpaired) electrons. The second-order valence-electron chi connectivity index (χ2n) is 6.97. The maximum absolute atomic E-state index is 12.8. The summed E-state index contributed by atoms with van der Waals surface area (Å²) in [5, 5.41) is 15.7. The zero-order chi connectivity index (χ0) is 22.5. The summed E-state index contributed by atoms with van der Waals surface area (Å²) in [6.07, 6.45) is 0. The van der Waals surface area contributed by atoms with Gasteiger partial charge in [0.1, 0.15) is 17.5 Å². The van der Waals surface area contributed by atoms with Gasteiger partial charge >= 0.3 is 0 Å². The molecule has 7 heteroatoms. The summed E-state index contributed by atoms with van der Waals surface area (Å²) in [4.78, 5) is 29.9. The standard InChI is InChI=1S/C25H17ClN4O2/c26-18-10-6-9-17(13-18)24(31)30-23-20-12-5-4-11-19(20)22(29-23)21(14-27)25(32)28-15-16-7-2-1-3-8-16/h1-13H,15H2,(H,28,32)(H,29,30,31)/b22-21-. The molecule has 0 spiro atoms. The lowest BCUT2D eigenvalue weighted by molar-refractivity contribution is -0.117. The minimum absolute atomic E-state index is 0.125. The quantitative estimate of drug-likeness (QED) is 0.472. The van der Waals surface area contributed by atoms with Crippen LogP contribution in [-0.2, 0) is 11.3 Å². The van der Waals surface area contributed by atoms with E-state index < -0.39 is 11.8 Å². The minimum atomic E-state index is -0.535. The lowest BCUT2D eigenvalue weighted by Crippen LogP contribution is -2.30. The van der Waals surface area contributed by atoms with E-state index in [1.807, 2.05) is 36.4 Å². The molecule has 1 aliphatic rings. The summed E-state index contributed by atoms with van der Waals surface area (Å²) < 4.78 is 0. The van der Waals surface area contributed by atoms with Gasteiger partial charge in [0.2, 0.25) is 0 Å². The van der Waals surface area contributed by atoms with Crippen LogP contribution in [0.3, 0.4) is 0 Å². The number of nitriles is 1. The molecular formula is C25H17ClN4O2. The van der Waals surface area contributed by atoms with Gasteiger partial charge in [0.25, 0.3) is 11.8 Å². The molecule has 0 aliphatic carbocycles. The van der Waals surface area contributed by atoms with Crippen molar-refractivity contribution in [1.29, 1.82) is 5.26 Å². The summed E-state index contributed by atoms with van der Waals surface area (Å²) >= 11 is 5.98. The first-order chi connectivity index (χ1) is 15.6. The number of halogens is 1. The molecule has 0 saturated heterocycles. The van der Waals surface area contributed by atoms with Crippen molar-refractivity contribution in [3.05, 3.63) is 112 Å². The van der Waals surface area contributed by atoms with Gasteiger partial charge in [0.15, 0.2) is 0 Å².